The van der Waals surface area contributed by atoms with Crippen LogP contribution in [0.5, 0.6) is 0 Å². The van der Waals surface area contributed by atoms with Crippen molar-refractivity contribution in [3.8, 4) is 0 Å². The third-order valence-corrected chi connectivity index (χ3v) is 3.74. The van der Waals surface area contributed by atoms with Crippen molar-refractivity contribution in [3.05, 3.63) is 48.1 Å². The van der Waals surface area contributed by atoms with Gasteiger partial charge in [-0.2, -0.15) is 0 Å². The number of rotatable bonds is 3. The van der Waals surface area contributed by atoms with Gasteiger partial charge in [0.15, 0.2) is 0 Å². The van der Waals surface area contributed by atoms with E-state index in [0.717, 1.165) is 18.4 Å². The lowest BCUT2D eigenvalue weighted by atomic mass is 9.94. The van der Waals surface area contributed by atoms with Gasteiger partial charge >= 0.3 is 5.97 Å². The monoisotopic (exact) mass is 302 g/mol. The summed E-state index contributed by atoms with van der Waals surface area (Å²) in [6.07, 6.45) is 14.7. The van der Waals surface area contributed by atoms with Gasteiger partial charge in [-0.1, -0.05) is 50.3 Å². The number of Topliss-reactive ketones (excluding diaryl/α,β-unsaturated/α-hetero) is 1. The van der Waals surface area contributed by atoms with E-state index in [1.165, 1.54) is 6.08 Å². The number of allylic oxidation sites excluding steroid dienone is 5. The van der Waals surface area contributed by atoms with Crippen molar-refractivity contribution in [2.45, 2.75) is 46.6 Å². The summed E-state index contributed by atoms with van der Waals surface area (Å²) in [4.78, 5) is 23.4. The fourth-order valence-electron chi connectivity index (χ4n) is 2.27. The molecule has 0 aromatic heterocycles. The van der Waals surface area contributed by atoms with Crippen molar-refractivity contribution in [1.82, 2.24) is 0 Å². The molecule has 0 unspecified atom stereocenters. The molecule has 0 amide bonds. The van der Waals surface area contributed by atoms with Gasteiger partial charge in [-0.25, -0.2) is 4.79 Å². The van der Waals surface area contributed by atoms with Crippen LogP contribution in [0.3, 0.4) is 0 Å². The van der Waals surface area contributed by atoms with Crippen molar-refractivity contribution < 1.29 is 14.3 Å². The SMILES string of the molecule is CC(=O)[C@@H](C)/C=C(\C)[C@@H]1OC(=O)/C=C/CC/C=C/C=C\[C@@H]1C. The van der Waals surface area contributed by atoms with Crippen molar-refractivity contribution in [2.75, 3.05) is 0 Å². The quantitative estimate of drug-likeness (QED) is 0.580. The Labute approximate surface area is 133 Å². The molecule has 0 aromatic carbocycles. The molecule has 0 saturated carbocycles. The lowest BCUT2D eigenvalue weighted by Gasteiger charge is -2.23. The Bertz CT molecular complexity index is 509. The molecule has 22 heavy (non-hydrogen) atoms. The molecule has 0 fully saturated rings. The molecular formula is C19H26O3. The van der Waals surface area contributed by atoms with Crippen LogP contribution in [0.15, 0.2) is 48.1 Å². The molecule has 0 bridgehead atoms. The number of carbonyl (C=O) groups is 2. The van der Waals surface area contributed by atoms with E-state index in [9.17, 15) is 9.59 Å². The molecule has 1 heterocycles. The topological polar surface area (TPSA) is 43.4 Å². The number of cyclic esters (lactones) is 1. The molecule has 3 heteroatoms. The zero-order chi connectivity index (χ0) is 16.5. The van der Waals surface area contributed by atoms with Crippen molar-refractivity contribution in [2.24, 2.45) is 11.8 Å². The van der Waals surface area contributed by atoms with Crippen LogP contribution < -0.4 is 0 Å². The fraction of sp³-hybridized carbons (Fsp3) is 0.474. The zero-order valence-electron chi connectivity index (χ0n) is 13.9. The Hall–Kier alpha value is -1.90. The summed E-state index contributed by atoms with van der Waals surface area (Å²) in [5, 5.41) is 0. The third kappa shape index (κ3) is 6.25. The van der Waals surface area contributed by atoms with Crippen LogP contribution in [0.1, 0.15) is 40.5 Å². The van der Waals surface area contributed by atoms with Gasteiger partial charge in [0.05, 0.1) is 0 Å². The number of hydrogen-bond acceptors (Lipinski definition) is 3. The van der Waals surface area contributed by atoms with Gasteiger partial charge in [-0.05, 0) is 32.3 Å². The predicted molar refractivity (Wildman–Crippen MR) is 89.3 cm³/mol. The fourth-order valence-corrected chi connectivity index (χ4v) is 2.27. The first kappa shape index (κ1) is 18.1. The first-order valence-corrected chi connectivity index (χ1v) is 7.81. The van der Waals surface area contributed by atoms with E-state index in [0.29, 0.717) is 0 Å². The second kappa shape index (κ2) is 9.19. The minimum atomic E-state index is -0.358. The molecule has 0 aliphatic carbocycles. The Balaban J connectivity index is 3.02. The van der Waals surface area contributed by atoms with Crippen molar-refractivity contribution >= 4 is 11.8 Å². The first-order valence-electron chi connectivity index (χ1n) is 7.81. The van der Waals surface area contributed by atoms with Crippen LogP contribution >= 0.6 is 0 Å². The van der Waals surface area contributed by atoms with Crippen molar-refractivity contribution in [1.29, 1.82) is 0 Å². The van der Waals surface area contributed by atoms with Gasteiger partial charge in [0.1, 0.15) is 11.9 Å². The smallest absolute Gasteiger partial charge is 0.331 e. The molecule has 120 valence electrons. The summed E-state index contributed by atoms with van der Waals surface area (Å²) >= 11 is 0. The maximum atomic E-state index is 11.9. The van der Waals surface area contributed by atoms with E-state index < -0.39 is 0 Å². The third-order valence-electron chi connectivity index (χ3n) is 3.74. The number of hydrogen-bond donors (Lipinski definition) is 0. The normalized spacial score (nSPS) is 29.5. The van der Waals surface area contributed by atoms with Crippen molar-refractivity contribution in [3.63, 3.8) is 0 Å². The van der Waals surface area contributed by atoms with E-state index in [-0.39, 0.29) is 29.7 Å². The summed E-state index contributed by atoms with van der Waals surface area (Å²) in [6.45, 7) is 7.34. The lowest BCUT2D eigenvalue weighted by molar-refractivity contribution is -0.142. The summed E-state index contributed by atoms with van der Waals surface area (Å²) in [6, 6.07) is 0. The maximum absolute atomic E-state index is 11.9. The second-order valence-corrected chi connectivity index (χ2v) is 5.82. The number of ketones is 1. The van der Waals surface area contributed by atoms with Crippen LogP contribution in [-0.2, 0) is 14.3 Å². The Kier molecular flexibility index (Phi) is 7.58. The molecular weight excluding hydrogens is 276 g/mol. The highest BCUT2D eigenvalue weighted by Gasteiger charge is 2.21. The van der Waals surface area contributed by atoms with Gasteiger partial charge in [0.2, 0.25) is 0 Å². The molecule has 0 N–H and O–H groups in total. The van der Waals surface area contributed by atoms with Crippen LogP contribution in [0.25, 0.3) is 0 Å². The Morgan fingerprint density at radius 1 is 1.27 bits per heavy atom. The van der Waals surface area contributed by atoms with Gasteiger partial charge in [-0.3, -0.25) is 4.79 Å². The minimum Gasteiger partial charge on any atom is -0.454 e. The first-order chi connectivity index (χ1) is 10.4. The average molecular weight is 302 g/mol. The largest absolute Gasteiger partial charge is 0.454 e. The van der Waals surface area contributed by atoms with Gasteiger partial charge in [-0.15, -0.1) is 0 Å². The summed E-state index contributed by atoms with van der Waals surface area (Å²) in [5.41, 5.74) is 0.905. The van der Waals surface area contributed by atoms with E-state index in [2.05, 4.69) is 6.08 Å². The predicted octanol–water partition coefficient (Wildman–Crippen LogP) is 4.17. The number of esters is 1. The highest BCUT2D eigenvalue weighted by Crippen LogP contribution is 2.21. The molecule has 1 rings (SSSR count). The van der Waals surface area contributed by atoms with Gasteiger partial charge in [0.25, 0.3) is 0 Å². The standard InChI is InChI=1S/C19H26O3/c1-14-11-9-7-5-6-8-10-12-18(21)22-19(14)16(3)13-15(2)17(4)20/h5,7,9-15,19H,6,8H2,1-4H3/b7-5+,11-9-,12-10+,16-13+/t14-,15-,19+/m0/s1. The highest BCUT2D eigenvalue weighted by atomic mass is 16.5. The van der Waals surface area contributed by atoms with Crippen LogP contribution in [0, 0.1) is 11.8 Å². The van der Waals surface area contributed by atoms with Crippen LogP contribution in [-0.4, -0.2) is 17.9 Å². The molecule has 3 atom stereocenters. The molecule has 0 radical (unpaired) electrons. The Morgan fingerprint density at radius 2 is 1.95 bits per heavy atom. The molecule has 3 nitrogen and oxygen atoms in total. The summed E-state index contributed by atoms with van der Waals surface area (Å²) in [5.74, 6) is -0.369. The van der Waals surface area contributed by atoms with E-state index in [1.54, 1.807) is 6.92 Å². The van der Waals surface area contributed by atoms with Crippen LogP contribution in [0.2, 0.25) is 0 Å². The summed E-state index contributed by atoms with van der Waals surface area (Å²) in [7, 11) is 0. The molecule has 1 aliphatic heterocycles. The molecule has 0 aromatic rings. The second-order valence-electron chi connectivity index (χ2n) is 5.82. The molecule has 0 saturated heterocycles. The highest BCUT2D eigenvalue weighted by molar-refractivity contribution is 5.82. The van der Waals surface area contributed by atoms with E-state index in [1.807, 2.05) is 51.2 Å². The molecule has 1 aliphatic rings. The molecule has 0 spiro atoms. The maximum Gasteiger partial charge on any atom is 0.331 e. The Morgan fingerprint density at radius 3 is 2.64 bits per heavy atom. The number of ether oxygens (including phenoxy) is 1. The minimum absolute atomic E-state index is 0.0387. The zero-order valence-corrected chi connectivity index (χ0v) is 13.9. The van der Waals surface area contributed by atoms with E-state index in [4.69, 9.17) is 4.74 Å². The van der Waals surface area contributed by atoms with Gasteiger partial charge in [0, 0.05) is 17.9 Å². The summed E-state index contributed by atoms with van der Waals surface area (Å²) < 4.78 is 5.60. The lowest BCUT2D eigenvalue weighted by Crippen LogP contribution is -2.25. The van der Waals surface area contributed by atoms with E-state index >= 15 is 0 Å². The van der Waals surface area contributed by atoms with Gasteiger partial charge < -0.3 is 4.74 Å². The average Bonchev–Trinajstić information content (AvgIpc) is 2.45. The number of carbonyl (C=O) groups excluding carboxylic acids is 2. The van der Waals surface area contributed by atoms with Crippen LogP contribution in [0.4, 0.5) is 0 Å².